The van der Waals surface area contributed by atoms with Crippen molar-refractivity contribution in [2.45, 2.75) is 38.8 Å². The summed E-state index contributed by atoms with van der Waals surface area (Å²) in [4.78, 5) is 0. The highest BCUT2D eigenvalue weighted by atomic mass is 31.1. The van der Waals surface area contributed by atoms with E-state index in [1.807, 2.05) is 0 Å². The van der Waals surface area contributed by atoms with Gasteiger partial charge in [-0.15, -0.1) is 0 Å². The van der Waals surface area contributed by atoms with E-state index in [1.54, 1.807) is 0 Å². The van der Waals surface area contributed by atoms with Crippen LogP contribution in [-0.4, -0.2) is 44.0 Å². The minimum absolute atomic E-state index is 0.413. The van der Waals surface area contributed by atoms with Gasteiger partial charge in [0.05, 0.1) is 21.1 Å². The summed E-state index contributed by atoms with van der Waals surface area (Å²) < 4.78 is 12.8. The van der Waals surface area contributed by atoms with Crippen molar-refractivity contribution in [1.82, 2.24) is 0 Å². The topological polar surface area (TPSA) is 17.1 Å². The summed E-state index contributed by atoms with van der Waals surface area (Å²) in [5.41, 5.74) is 0.413. The minimum Gasteiger partial charge on any atom is -0.327 e. The van der Waals surface area contributed by atoms with E-state index in [0.717, 1.165) is 23.6 Å². The van der Waals surface area contributed by atoms with E-state index in [0.29, 0.717) is 5.66 Å². The predicted molar refractivity (Wildman–Crippen MR) is 64.4 cm³/mol. The second kappa shape index (κ2) is 6.53. The number of nitrogens with zero attached hydrogens (tertiary/aromatic N) is 1. The van der Waals surface area contributed by atoms with Crippen molar-refractivity contribution in [1.29, 1.82) is 0 Å². The first-order chi connectivity index (χ1) is 6.37. The van der Waals surface area contributed by atoms with Crippen molar-refractivity contribution in [2.75, 3.05) is 33.8 Å². The van der Waals surface area contributed by atoms with Crippen molar-refractivity contribution in [2.24, 2.45) is 0 Å². The normalized spacial score (nSPS) is 15.4. The summed E-state index contributed by atoms with van der Waals surface area (Å²) in [6, 6.07) is 0. The average Bonchev–Trinajstić information content (AvgIpc) is 2.09. The fraction of sp³-hybridized carbons (Fsp3) is 1.00. The van der Waals surface area contributed by atoms with Gasteiger partial charge in [0.1, 0.15) is 6.54 Å². The molecule has 0 spiro atoms. The van der Waals surface area contributed by atoms with E-state index in [-0.39, 0.29) is 0 Å². The molecule has 0 aliphatic carbocycles. The molecule has 2 atom stereocenters. The molecule has 0 aliphatic rings. The average molecular weight is 219 g/mol. The van der Waals surface area contributed by atoms with E-state index in [4.69, 9.17) is 0 Å². The van der Waals surface area contributed by atoms with Gasteiger partial charge in [0.15, 0.2) is 11.8 Å². The first kappa shape index (κ1) is 14.1. The van der Waals surface area contributed by atoms with E-state index >= 15 is 0 Å². The highest BCUT2D eigenvalue weighted by Crippen LogP contribution is 2.31. The molecular weight excluding hydrogens is 193 g/mol. The van der Waals surface area contributed by atoms with Gasteiger partial charge in [-0.3, -0.25) is 0 Å². The zero-order valence-corrected chi connectivity index (χ0v) is 11.3. The number of quaternary nitrogens is 1. The molecule has 0 heterocycles. The highest BCUT2D eigenvalue weighted by Gasteiger charge is 2.26. The number of hydrogen-bond acceptors (Lipinski definition) is 1. The third kappa shape index (κ3) is 7.46. The fourth-order valence-electron chi connectivity index (χ4n) is 1.26. The van der Waals surface area contributed by atoms with E-state index in [9.17, 15) is 4.57 Å². The predicted octanol–water partition coefficient (Wildman–Crippen LogP) is 3.10. The summed E-state index contributed by atoms with van der Waals surface area (Å²) in [6.07, 6.45) is 4.43. The van der Waals surface area contributed by atoms with Gasteiger partial charge in [-0.1, -0.05) is 17.9 Å². The Morgan fingerprint density at radius 1 is 1.29 bits per heavy atom. The molecule has 0 saturated carbocycles. The van der Waals surface area contributed by atoms with Crippen LogP contribution in [0.25, 0.3) is 0 Å². The molecule has 14 heavy (non-hydrogen) atoms. The Morgan fingerprint density at radius 3 is 2.29 bits per heavy atom. The first-order valence-corrected chi connectivity index (χ1v) is 7.12. The zero-order valence-electron chi connectivity index (χ0n) is 10.4. The highest BCUT2D eigenvalue weighted by molar-refractivity contribution is 7.45. The van der Waals surface area contributed by atoms with Crippen LogP contribution in [-0.2, 0) is 4.57 Å². The van der Waals surface area contributed by atoms with Crippen LogP contribution in [0.3, 0.4) is 0 Å². The Balaban J connectivity index is 3.73. The molecule has 0 bridgehead atoms. The Morgan fingerprint density at radius 2 is 1.86 bits per heavy atom. The van der Waals surface area contributed by atoms with Crippen LogP contribution < -0.4 is 0 Å². The van der Waals surface area contributed by atoms with Crippen molar-refractivity contribution >= 4 is 7.80 Å². The summed E-state index contributed by atoms with van der Waals surface area (Å²) in [6.45, 7) is 5.33. The molecule has 0 aromatic carbocycles. The second-order valence-corrected chi connectivity index (χ2v) is 7.31. The van der Waals surface area contributed by atoms with Crippen molar-refractivity contribution < 1.29 is 9.05 Å². The zero-order chi connectivity index (χ0) is 11.2. The van der Waals surface area contributed by atoms with Gasteiger partial charge in [0.2, 0.25) is 0 Å². The molecule has 0 N–H and O–H groups in total. The molecule has 0 aromatic rings. The fourth-order valence-corrected chi connectivity index (χ4v) is 2.97. The molecular formula is C11H26NOP+2. The Kier molecular flexibility index (Phi) is 6.55. The maximum Gasteiger partial charge on any atom is 0.347 e. The standard InChI is InChI=1S/C11H26NOP/c1-6-7-8-11(2)14(13)10-9-12(3,4)5/h11H,6-10H2,1-5H3/q+2. The number of hydrogen-bond donors (Lipinski definition) is 0. The summed E-state index contributed by atoms with van der Waals surface area (Å²) >= 11 is 0. The molecule has 0 saturated heterocycles. The van der Waals surface area contributed by atoms with Crippen LogP contribution in [0.15, 0.2) is 0 Å². The quantitative estimate of drug-likeness (QED) is 0.475. The minimum atomic E-state index is -0.983. The number of rotatable bonds is 7. The first-order valence-electron chi connectivity index (χ1n) is 5.61. The Labute approximate surface area is 90.1 Å². The Bertz CT molecular complexity index is 175. The molecule has 0 rings (SSSR count). The van der Waals surface area contributed by atoms with E-state index in [1.165, 1.54) is 12.8 Å². The molecule has 0 aliphatic heterocycles. The van der Waals surface area contributed by atoms with Crippen LogP contribution in [0.5, 0.6) is 0 Å². The largest absolute Gasteiger partial charge is 0.347 e. The lowest BCUT2D eigenvalue weighted by molar-refractivity contribution is -0.867. The molecule has 2 unspecified atom stereocenters. The molecule has 0 fully saturated rings. The van der Waals surface area contributed by atoms with Gasteiger partial charge in [-0.2, -0.15) is 0 Å². The maximum atomic E-state index is 11.8. The van der Waals surface area contributed by atoms with Gasteiger partial charge in [0, 0.05) is 0 Å². The Hall–Kier alpha value is 0.0600. The smallest absolute Gasteiger partial charge is 0.327 e. The van der Waals surface area contributed by atoms with Gasteiger partial charge in [0.25, 0.3) is 0 Å². The van der Waals surface area contributed by atoms with Gasteiger partial charge in [-0.25, -0.2) is 0 Å². The molecule has 84 valence electrons. The maximum absolute atomic E-state index is 11.8. The lowest BCUT2D eigenvalue weighted by Gasteiger charge is -2.21. The van der Waals surface area contributed by atoms with Crippen LogP contribution in [0.2, 0.25) is 0 Å². The monoisotopic (exact) mass is 219 g/mol. The summed E-state index contributed by atoms with van der Waals surface area (Å²) in [5.74, 6) is 0. The summed E-state index contributed by atoms with van der Waals surface area (Å²) in [7, 11) is 5.47. The molecule has 0 radical (unpaired) electrons. The van der Waals surface area contributed by atoms with Gasteiger partial charge < -0.3 is 4.48 Å². The third-order valence-electron chi connectivity index (χ3n) is 2.46. The lowest BCUT2D eigenvalue weighted by atomic mass is 10.2. The molecule has 0 amide bonds. The summed E-state index contributed by atoms with van der Waals surface area (Å²) in [5, 5.41) is 0. The van der Waals surface area contributed by atoms with Crippen LogP contribution in [0.4, 0.5) is 0 Å². The molecule has 2 nitrogen and oxygen atoms in total. The lowest BCUT2D eigenvalue weighted by Crippen LogP contribution is -2.36. The van der Waals surface area contributed by atoms with Gasteiger partial charge in [-0.05, 0) is 19.8 Å². The van der Waals surface area contributed by atoms with Crippen molar-refractivity contribution in [3.8, 4) is 0 Å². The van der Waals surface area contributed by atoms with E-state index < -0.39 is 7.80 Å². The number of unbranched alkanes of at least 4 members (excludes halogenated alkanes) is 1. The van der Waals surface area contributed by atoms with Gasteiger partial charge >= 0.3 is 7.80 Å². The van der Waals surface area contributed by atoms with Crippen LogP contribution in [0.1, 0.15) is 33.1 Å². The molecule has 0 aromatic heterocycles. The SMILES string of the molecule is CCCCC(C)[P+](=O)CC[N+](C)(C)C. The third-order valence-corrected chi connectivity index (χ3v) is 4.34. The van der Waals surface area contributed by atoms with Crippen LogP contribution >= 0.6 is 7.80 Å². The second-order valence-electron chi connectivity index (χ2n) is 5.15. The van der Waals surface area contributed by atoms with Crippen molar-refractivity contribution in [3.63, 3.8) is 0 Å². The van der Waals surface area contributed by atoms with Crippen molar-refractivity contribution in [3.05, 3.63) is 0 Å². The van der Waals surface area contributed by atoms with E-state index in [2.05, 4.69) is 35.0 Å². The van der Waals surface area contributed by atoms with Crippen LogP contribution in [0, 0.1) is 0 Å². The molecule has 3 heteroatoms.